The van der Waals surface area contributed by atoms with Crippen molar-refractivity contribution >= 4 is 11.9 Å². The van der Waals surface area contributed by atoms with E-state index in [0.717, 1.165) is 0 Å². The first-order valence-corrected chi connectivity index (χ1v) is 3.77. The molecule has 4 nitrogen and oxygen atoms in total. The highest BCUT2D eigenvalue weighted by Crippen LogP contribution is 2.01. The number of rotatable bonds is 3. The van der Waals surface area contributed by atoms with E-state index >= 15 is 0 Å². The molecule has 0 aliphatic heterocycles. The van der Waals surface area contributed by atoms with Crippen LogP contribution in [0.25, 0.3) is 0 Å². The SMILES string of the molecule is COC(=O)[C@@H](C)OC(=O)C(C)C. The Morgan fingerprint density at radius 1 is 1.08 bits per heavy atom. The third-order valence-electron chi connectivity index (χ3n) is 1.30. The highest BCUT2D eigenvalue weighted by molar-refractivity contribution is 5.79. The summed E-state index contributed by atoms with van der Waals surface area (Å²) in [7, 11) is 1.25. The second kappa shape index (κ2) is 4.74. The van der Waals surface area contributed by atoms with E-state index in [2.05, 4.69) is 4.74 Å². The zero-order chi connectivity index (χ0) is 9.72. The fraction of sp³-hybridized carbons (Fsp3) is 0.750. The van der Waals surface area contributed by atoms with Crippen molar-refractivity contribution in [2.45, 2.75) is 26.9 Å². The first-order chi connectivity index (χ1) is 5.49. The molecule has 0 heterocycles. The Balaban J connectivity index is 3.92. The fourth-order valence-corrected chi connectivity index (χ4v) is 0.524. The molecule has 0 spiro atoms. The Bertz CT molecular complexity index is 174. The molecular formula is C8H14O4. The zero-order valence-electron chi connectivity index (χ0n) is 7.79. The Kier molecular flexibility index (Phi) is 4.33. The van der Waals surface area contributed by atoms with Crippen LogP contribution in [0.2, 0.25) is 0 Å². The Hall–Kier alpha value is -1.06. The molecular weight excluding hydrogens is 160 g/mol. The van der Waals surface area contributed by atoms with Crippen molar-refractivity contribution in [3.8, 4) is 0 Å². The second-order valence-electron chi connectivity index (χ2n) is 2.76. The summed E-state index contributed by atoms with van der Waals surface area (Å²) >= 11 is 0. The molecule has 0 radical (unpaired) electrons. The van der Waals surface area contributed by atoms with Gasteiger partial charge in [0.25, 0.3) is 0 Å². The average molecular weight is 174 g/mol. The molecule has 0 unspecified atom stereocenters. The van der Waals surface area contributed by atoms with E-state index in [1.165, 1.54) is 14.0 Å². The lowest BCUT2D eigenvalue weighted by molar-refractivity contribution is -0.166. The van der Waals surface area contributed by atoms with E-state index in [9.17, 15) is 9.59 Å². The summed E-state index contributed by atoms with van der Waals surface area (Å²) in [6.45, 7) is 4.88. The van der Waals surface area contributed by atoms with Crippen LogP contribution in [0.5, 0.6) is 0 Å². The summed E-state index contributed by atoms with van der Waals surface area (Å²) in [5.74, 6) is -1.16. The maximum Gasteiger partial charge on any atom is 0.346 e. The van der Waals surface area contributed by atoms with Crippen LogP contribution in [0.3, 0.4) is 0 Å². The van der Waals surface area contributed by atoms with Gasteiger partial charge in [0, 0.05) is 0 Å². The second-order valence-corrected chi connectivity index (χ2v) is 2.76. The normalized spacial score (nSPS) is 12.4. The highest BCUT2D eigenvalue weighted by atomic mass is 16.6. The first-order valence-electron chi connectivity index (χ1n) is 3.77. The summed E-state index contributed by atoms with van der Waals surface area (Å²) in [6.07, 6.45) is -0.815. The molecule has 0 aliphatic carbocycles. The van der Waals surface area contributed by atoms with Gasteiger partial charge >= 0.3 is 11.9 Å². The van der Waals surface area contributed by atoms with Gasteiger partial charge in [-0.1, -0.05) is 13.8 Å². The predicted molar refractivity (Wildman–Crippen MR) is 42.4 cm³/mol. The molecule has 0 amide bonds. The van der Waals surface area contributed by atoms with Gasteiger partial charge in [-0.15, -0.1) is 0 Å². The summed E-state index contributed by atoms with van der Waals surface area (Å²) in [6, 6.07) is 0. The molecule has 4 heteroatoms. The summed E-state index contributed by atoms with van der Waals surface area (Å²) < 4.78 is 9.13. The van der Waals surface area contributed by atoms with Gasteiger partial charge in [-0.25, -0.2) is 4.79 Å². The van der Waals surface area contributed by atoms with E-state index in [4.69, 9.17) is 4.74 Å². The van der Waals surface area contributed by atoms with Crippen molar-refractivity contribution in [2.75, 3.05) is 7.11 Å². The number of esters is 2. The molecule has 0 aromatic rings. The summed E-state index contributed by atoms with van der Waals surface area (Å²) in [5.41, 5.74) is 0. The number of methoxy groups -OCH3 is 1. The minimum atomic E-state index is -0.815. The molecule has 1 atom stereocenters. The van der Waals surface area contributed by atoms with E-state index in [0.29, 0.717) is 0 Å². The van der Waals surface area contributed by atoms with Crippen molar-refractivity contribution in [1.29, 1.82) is 0 Å². The van der Waals surface area contributed by atoms with E-state index in [-0.39, 0.29) is 5.92 Å². The Morgan fingerprint density at radius 3 is 1.92 bits per heavy atom. The minimum absolute atomic E-state index is 0.225. The topological polar surface area (TPSA) is 52.6 Å². The smallest absolute Gasteiger partial charge is 0.346 e. The Morgan fingerprint density at radius 2 is 1.58 bits per heavy atom. The lowest BCUT2D eigenvalue weighted by Gasteiger charge is -2.12. The van der Waals surface area contributed by atoms with Crippen LogP contribution >= 0.6 is 0 Å². The van der Waals surface area contributed by atoms with Crippen LogP contribution < -0.4 is 0 Å². The number of carbonyl (C=O) groups is 2. The third kappa shape index (κ3) is 3.37. The maximum atomic E-state index is 10.9. The third-order valence-corrected chi connectivity index (χ3v) is 1.30. The van der Waals surface area contributed by atoms with Gasteiger partial charge in [-0.05, 0) is 6.92 Å². The van der Waals surface area contributed by atoms with Gasteiger partial charge in [0.1, 0.15) is 0 Å². The lowest BCUT2D eigenvalue weighted by atomic mass is 10.2. The largest absolute Gasteiger partial charge is 0.466 e. The van der Waals surface area contributed by atoms with Crippen LogP contribution in [-0.4, -0.2) is 25.2 Å². The molecule has 0 saturated heterocycles. The zero-order valence-corrected chi connectivity index (χ0v) is 7.79. The van der Waals surface area contributed by atoms with E-state index in [1.54, 1.807) is 13.8 Å². The molecule has 0 aromatic heterocycles. The molecule has 0 saturated carbocycles. The first kappa shape index (κ1) is 10.9. The monoisotopic (exact) mass is 174 g/mol. The van der Waals surface area contributed by atoms with Gasteiger partial charge in [0.15, 0.2) is 6.10 Å². The van der Waals surface area contributed by atoms with Gasteiger partial charge in [-0.3, -0.25) is 4.79 Å². The number of hydrogen-bond donors (Lipinski definition) is 0. The molecule has 0 aromatic carbocycles. The number of carbonyl (C=O) groups excluding carboxylic acids is 2. The molecule has 12 heavy (non-hydrogen) atoms. The fourth-order valence-electron chi connectivity index (χ4n) is 0.524. The highest BCUT2D eigenvalue weighted by Gasteiger charge is 2.19. The molecule has 0 aliphatic rings. The molecule has 0 rings (SSSR count). The Labute approximate surface area is 71.8 Å². The van der Waals surface area contributed by atoms with Crippen molar-refractivity contribution < 1.29 is 19.1 Å². The quantitative estimate of drug-likeness (QED) is 0.592. The van der Waals surface area contributed by atoms with Gasteiger partial charge < -0.3 is 9.47 Å². The van der Waals surface area contributed by atoms with Crippen molar-refractivity contribution in [2.24, 2.45) is 5.92 Å². The van der Waals surface area contributed by atoms with Gasteiger partial charge in [0.2, 0.25) is 0 Å². The van der Waals surface area contributed by atoms with Gasteiger partial charge in [-0.2, -0.15) is 0 Å². The maximum absolute atomic E-state index is 10.9. The minimum Gasteiger partial charge on any atom is -0.466 e. The van der Waals surface area contributed by atoms with Crippen LogP contribution in [0.1, 0.15) is 20.8 Å². The summed E-state index contributed by atoms with van der Waals surface area (Å²) in [5, 5.41) is 0. The number of hydrogen-bond acceptors (Lipinski definition) is 4. The molecule has 70 valence electrons. The standard InChI is InChI=1S/C8H14O4/c1-5(2)7(9)12-6(3)8(10)11-4/h5-6H,1-4H3/t6-/m1/s1. The van der Waals surface area contributed by atoms with Crippen LogP contribution in [0, 0.1) is 5.92 Å². The average Bonchev–Trinajstić information content (AvgIpc) is 2.02. The van der Waals surface area contributed by atoms with E-state index < -0.39 is 18.0 Å². The molecule has 0 N–H and O–H groups in total. The van der Waals surface area contributed by atoms with Crippen molar-refractivity contribution in [3.05, 3.63) is 0 Å². The van der Waals surface area contributed by atoms with Crippen molar-refractivity contribution in [1.82, 2.24) is 0 Å². The van der Waals surface area contributed by atoms with Crippen molar-refractivity contribution in [3.63, 3.8) is 0 Å². The lowest BCUT2D eigenvalue weighted by Crippen LogP contribution is -2.27. The predicted octanol–water partition coefficient (Wildman–Crippen LogP) is 0.747. The van der Waals surface area contributed by atoms with E-state index in [1.807, 2.05) is 0 Å². The van der Waals surface area contributed by atoms with Crippen LogP contribution in [0.15, 0.2) is 0 Å². The molecule has 0 fully saturated rings. The molecule has 0 bridgehead atoms. The summed E-state index contributed by atoms with van der Waals surface area (Å²) in [4.78, 5) is 21.7. The number of ether oxygens (including phenoxy) is 2. The van der Waals surface area contributed by atoms with Gasteiger partial charge in [0.05, 0.1) is 13.0 Å². The van der Waals surface area contributed by atoms with Crippen LogP contribution in [0.4, 0.5) is 0 Å². The van der Waals surface area contributed by atoms with Crippen LogP contribution in [-0.2, 0) is 19.1 Å².